The molecule has 0 aliphatic rings. The summed E-state index contributed by atoms with van der Waals surface area (Å²) in [6.45, 7) is 5.01. The second-order valence-corrected chi connectivity index (χ2v) is 4.24. The average molecular weight is 216 g/mol. The fraction of sp³-hybridized carbons (Fsp3) is 1.00. The number of hydrogen-bond acceptors (Lipinski definition) is 2. The minimum absolute atomic E-state index is 0.532. The van der Waals surface area contributed by atoms with E-state index in [9.17, 15) is 5.11 Å². The summed E-state index contributed by atoms with van der Waals surface area (Å²) in [6.07, 6.45) is 10.3. The van der Waals surface area contributed by atoms with E-state index >= 15 is 0 Å². The summed E-state index contributed by atoms with van der Waals surface area (Å²) < 4.78 is 5.27. The molecule has 0 aliphatic carbocycles. The van der Waals surface area contributed by atoms with Gasteiger partial charge in [-0.05, 0) is 12.8 Å². The van der Waals surface area contributed by atoms with Crippen LogP contribution in [0.25, 0.3) is 0 Å². The van der Waals surface area contributed by atoms with Gasteiger partial charge in [-0.25, -0.2) is 0 Å². The quantitative estimate of drug-likeness (QED) is 0.419. The van der Waals surface area contributed by atoms with Gasteiger partial charge in [0.05, 0.1) is 0 Å². The van der Waals surface area contributed by atoms with Crippen LogP contribution in [-0.4, -0.2) is 18.0 Å². The van der Waals surface area contributed by atoms with Crippen molar-refractivity contribution in [3.63, 3.8) is 0 Å². The maximum Gasteiger partial charge on any atom is 0.154 e. The average Bonchev–Trinajstić information content (AvgIpc) is 2.22. The fourth-order valence-corrected chi connectivity index (χ4v) is 1.61. The molecule has 1 atom stereocenters. The van der Waals surface area contributed by atoms with Crippen molar-refractivity contribution in [3.8, 4) is 0 Å². The molecule has 0 rings (SSSR count). The van der Waals surface area contributed by atoms with Crippen LogP contribution < -0.4 is 0 Å². The molecule has 92 valence electrons. The van der Waals surface area contributed by atoms with Crippen LogP contribution in [0.2, 0.25) is 0 Å². The number of ether oxygens (including phenoxy) is 1. The highest BCUT2D eigenvalue weighted by Gasteiger charge is 2.00. The van der Waals surface area contributed by atoms with Gasteiger partial charge in [0.25, 0.3) is 0 Å². The maximum absolute atomic E-state index is 9.30. The van der Waals surface area contributed by atoms with E-state index in [1.807, 2.05) is 0 Å². The third-order valence-corrected chi connectivity index (χ3v) is 2.59. The molecule has 0 aliphatic heterocycles. The highest BCUT2D eigenvalue weighted by molar-refractivity contribution is 4.46. The Morgan fingerprint density at radius 3 is 2.07 bits per heavy atom. The molecular weight excluding hydrogens is 188 g/mol. The van der Waals surface area contributed by atoms with Gasteiger partial charge in [-0.3, -0.25) is 0 Å². The summed E-state index contributed by atoms with van der Waals surface area (Å²) in [5.74, 6) is 0. The van der Waals surface area contributed by atoms with Crippen molar-refractivity contribution >= 4 is 0 Å². The largest absolute Gasteiger partial charge is 0.368 e. The van der Waals surface area contributed by atoms with Crippen molar-refractivity contribution in [1.82, 2.24) is 0 Å². The van der Waals surface area contributed by atoms with Gasteiger partial charge in [-0.1, -0.05) is 58.8 Å². The summed E-state index contributed by atoms with van der Waals surface area (Å²) in [4.78, 5) is 0. The summed E-state index contributed by atoms with van der Waals surface area (Å²) in [6, 6.07) is 0. The lowest BCUT2D eigenvalue weighted by Gasteiger charge is -2.10. The molecule has 1 N–H and O–H groups in total. The summed E-state index contributed by atoms with van der Waals surface area (Å²) in [7, 11) is 0. The van der Waals surface area contributed by atoms with Crippen LogP contribution in [0.3, 0.4) is 0 Å². The molecule has 0 saturated heterocycles. The molecule has 2 heteroatoms. The molecule has 0 amide bonds. The van der Waals surface area contributed by atoms with Crippen LogP contribution in [-0.2, 0) is 4.74 Å². The van der Waals surface area contributed by atoms with E-state index in [0.717, 1.165) is 25.9 Å². The second kappa shape index (κ2) is 12.0. The van der Waals surface area contributed by atoms with Crippen LogP contribution >= 0.6 is 0 Å². The fourth-order valence-electron chi connectivity index (χ4n) is 1.61. The number of unbranched alkanes of at least 4 members (excludes halogenated alkanes) is 6. The predicted octanol–water partition coefficient (Wildman–Crippen LogP) is 3.87. The van der Waals surface area contributed by atoms with Crippen molar-refractivity contribution < 1.29 is 9.84 Å². The Bertz CT molecular complexity index is 115. The van der Waals surface area contributed by atoms with Gasteiger partial charge in [-0.2, -0.15) is 0 Å². The summed E-state index contributed by atoms with van der Waals surface area (Å²) in [5.41, 5.74) is 0. The Kier molecular flexibility index (Phi) is 11.9. The van der Waals surface area contributed by atoms with E-state index in [1.165, 1.54) is 38.5 Å². The van der Waals surface area contributed by atoms with Crippen LogP contribution in [0.5, 0.6) is 0 Å². The summed E-state index contributed by atoms with van der Waals surface area (Å²) in [5, 5.41) is 9.30. The summed E-state index contributed by atoms with van der Waals surface area (Å²) >= 11 is 0. The Morgan fingerprint density at radius 1 is 0.867 bits per heavy atom. The van der Waals surface area contributed by atoms with Gasteiger partial charge in [-0.15, -0.1) is 0 Å². The van der Waals surface area contributed by atoms with Crippen molar-refractivity contribution in [2.24, 2.45) is 0 Å². The highest BCUT2D eigenvalue weighted by atomic mass is 16.6. The molecule has 0 fully saturated rings. The van der Waals surface area contributed by atoms with Crippen molar-refractivity contribution in [1.29, 1.82) is 0 Å². The van der Waals surface area contributed by atoms with Gasteiger partial charge in [0.2, 0.25) is 0 Å². The molecule has 0 spiro atoms. The molecular formula is C13H28O2. The molecule has 0 aromatic carbocycles. The van der Waals surface area contributed by atoms with Crippen LogP contribution in [0.15, 0.2) is 0 Å². The van der Waals surface area contributed by atoms with E-state index in [-0.39, 0.29) is 0 Å². The zero-order chi connectivity index (χ0) is 11.4. The first-order valence-corrected chi connectivity index (χ1v) is 6.61. The van der Waals surface area contributed by atoms with Crippen molar-refractivity contribution in [2.45, 2.75) is 77.9 Å². The molecule has 1 unspecified atom stereocenters. The van der Waals surface area contributed by atoms with Gasteiger partial charge in [0, 0.05) is 6.61 Å². The first kappa shape index (κ1) is 14.9. The van der Waals surface area contributed by atoms with Crippen molar-refractivity contribution in [3.05, 3.63) is 0 Å². The van der Waals surface area contributed by atoms with Gasteiger partial charge in [0.15, 0.2) is 6.29 Å². The lowest BCUT2D eigenvalue weighted by Crippen LogP contribution is -2.12. The van der Waals surface area contributed by atoms with Gasteiger partial charge in [0.1, 0.15) is 0 Å². The van der Waals surface area contributed by atoms with E-state index in [2.05, 4.69) is 13.8 Å². The molecule has 0 heterocycles. The molecule has 0 aromatic rings. The minimum atomic E-state index is -0.532. The molecule has 0 saturated carbocycles. The minimum Gasteiger partial charge on any atom is -0.368 e. The van der Waals surface area contributed by atoms with Gasteiger partial charge < -0.3 is 9.84 Å². The first-order valence-electron chi connectivity index (χ1n) is 6.61. The van der Waals surface area contributed by atoms with Crippen LogP contribution in [0, 0.1) is 0 Å². The lowest BCUT2D eigenvalue weighted by molar-refractivity contribution is -0.104. The monoisotopic (exact) mass is 216 g/mol. The highest BCUT2D eigenvalue weighted by Crippen LogP contribution is 2.07. The van der Waals surface area contributed by atoms with Crippen molar-refractivity contribution in [2.75, 3.05) is 6.61 Å². The molecule has 15 heavy (non-hydrogen) atoms. The normalized spacial score (nSPS) is 13.0. The Hall–Kier alpha value is -0.0800. The molecule has 2 nitrogen and oxygen atoms in total. The smallest absolute Gasteiger partial charge is 0.154 e. The number of aliphatic hydroxyl groups is 1. The SMILES string of the molecule is CCCCCCCCCOC(O)CCC. The first-order chi connectivity index (χ1) is 7.31. The Morgan fingerprint density at radius 2 is 1.47 bits per heavy atom. The number of rotatable bonds is 11. The zero-order valence-corrected chi connectivity index (χ0v) is 10.5. The maximum atomic E-state index is 9.30. The van der Waals surface area contributed by atoms with Crippen LogP contribution in [0.1, 0.15) is 71.6 Å². The standard InChI is InChI=1S/C13H28O2/c1-3-5-6-7-8-9-10-12-15-13(14)11-4-2/h13-14H,3-12H2,1-2H3. The van der Waals surface area contributed by atoms with E-state index in [1.54, 1.807) is 0 Å². The predicted molar refractivity (Wildman–Crippen MR) is 64.9 cm³/mol. The van der Waals surface area contributed by atoms with Gasteiger partial charge >= 0.3 is 0 Å². The van der Waals surface area contributed by atoms with E-state index in [0.29, 0.717) is 0 Å². The molecule has 0 bridgehead atoms. The number of aliphatic hydroxyl groups excluding tert-OH is 1. The third kappa shape index (κ3) is 11.8. The number of hydrogen-bond donors (Lipinski definition) is 1. The second-order valence-electron chi connectivity index (χ2n) is 4.24. The zero-order valence-electron chi connectivity index (χ0n) is 10.5. The third-order valence-electron chi connectivity index (χ3n) is 2.59. The topological polar surface area (TPSA) is 29.5 Å². The van der Waals surface area contributed by atoms with Crippen LogP contribution in [0.4, 0.5) is 0 Å². The Labute approximate surface area is 95.0 Å². The Balaban J connectivity index is 2.98. The molecule has 0 aromatic heterocycles. The van der Waals surface area contributed by atoms with E-state index in [4.69, 9.17) is 4.74 Å². The van der Waals surface area contributed by atoms with E-state index < -0.39 is 6.29 Å². The molecule has 0 radical (unpaired) electrons. The lowest BCUT2D eigenvalue weighted by atomic mass is 10.1.